The van der Waals surface area contributed by atoms with E-state index in [0.29, 0.717) is 19.5 Å². The molecule has 0 bridgehead atoms. The van der Waals surface area contributed by atoms with Crippen LogP contribution in [0.5, 0.6) is 0 Å². The lowest BCUT2D eigenvalue weighted by molar-refractivity contribution is -0.136. The Labute approximate surface area is 149 Å². The van der Waals surface area contributed by atoms with Gasteiger partial charge in [-0.15, -0.1) is 0 Å². The van der Waals surface area contributed by atoms with Crippen LogP contribution in [0, 0.1) is 0 Å². The first-order valence-electron chi connectivity index (χ1n) is 8.40. The van der Waals surface area contributed by atoms with Gasteiger partial charge in [0.2, 0.25) is 11.8 Å². The van der Waals surface area contributed by atoms with E-state index in [4.69, 9.17) is 0 Å². The van der Waals surface area contributed by atoms with Gasteiger partial charge >= 0.3 is 0 Å². The summed E-state index contributed by atoms with van der Waals surface area (Å²) in [6.45, 7) is 9.07. The maximum absolute atomic E-state index is 12.4. The lowest BCUT2D eigenvalue weighted by Crippen LogP contribution is -2.46. The van der Waals surface area contributed by atoms with E-state index in [0.717, 1.165) is 19.3 Å². The Morgan fingerprint density at radius 3 is 2.14 bits per heavy atom. The Morgan fingerprint density at radius 2 is 1.59 bits per heavy atom. The average Bonchev–Trinajstić information content (AvgIpc) is 2.40. The van der Waals surface area contributed by atoms with E-state index in [1.54, 1.807) is 0 Å². The second kappa shape index (κ2) is 12.1. The van der Waals surface area contributed by atoms with E-state index in [1.165, 1.54) is 30.6 Å². The highest BCUT2D eigenvalue weighted by Crippen LogP contribution is 2.17. The van der Waals surface area contributed by atoms with Crippen molar-refractivity contribution < 1.29 is 9.59 Å². The number of carbonyl (C=O) groups is 2. The zero-order chi connectivity index (χ0) is 17.0. The van der Waals surface area contributed by atoms with Crippen molar-refractivity contribution in [3.8, 4) is 0 Å². The summed E-state index contributed by atoms with van der Waals surface area (Å²) in [5.74, 6) is 0.226. The highest BCUT2D eigenvalue weighted by Gasteiger charge is 2.25. The lowest BCUT2D eigenvalue weighted by atomic mass is 10.0. The average molecular weight is 424 g/mol. The molecule has 0 aliphatic heterocycles. The SMILES string of the molecule is CC(=O)NCCCN(C(=O)CCCCCCCI)C(C)(C)C. The van der Waals surface area contributed by atoms with Gasteiger partial charge in [-0.25, -0.2) is 0 Å². The van der Waals surface area contributed by atoms with Crippen LogP contribution in [-0.4, -0.2) is 39.8 Å². The van der Waals surface area contributed by atoms with Crippen LogP contribution in [0.4, 0.5) is 0 Å². The van der Waals surface area contributed by atoms with Crippen LogP contribution in [-0.2, 0) is 9.59 Å². The number of amides is 2. The van der Waals surface area contributed by atoms with E-state index in [-0.39, 0.29) is 17.4 Å². The molecule has 0 aromatic carbocycles. The second-order valence-corrected chi connectivity index (χ2v) is 7.84. The van der Waals surface area contributed by atoms with Crippen LogP contribution in [0.2, 0.25) is 0 Å². The fourth-order valence-corrected chi connectivity index (χ4v) is 2.91. The molecule has 0 aliphatic rings. The first kappa shape index (κ1) is 21.7. The van der Waals surface area contributed by atoms with E-state index in [2.05, 4.69) is 48.7 Å². The maximum atomic E-state index is 12.4. The van der Waals surface area contributed by atoms with Gasteiger partial charge in [-0.1, -0.05) is 41.9 Å². The first-order chi connectivity index (χ1) is 10.3. The third-order valence-electron chi connectivity index (χ3n) is 3.57. The summed E-state index contributed by atoms with van der Waals surface area (Å²) in [4.78, 5) is 25.3. The Kier molecular flexibility index (Phi) is 12.0. The number of hydrogen-bond acceptors (Lipinski definition) is 2. The minimum Gasteiger partial charge on any atom is -0.356 e. The predicted molar refractivity (Wildman–Crippen MR) is 101 cm³/mol. The molecule has 5 heteroatoms. The molecule has 0 saturated carbocycles. The molecular weight excluding hydrogens is 391 g/mol. The molecule has 4 nitrogen and oxygen atoms in total. The number of alkyl halides is 1. The van der Waals surface area contributed by atoms with Crippen molar-refractivity contribution in [3.05, 3.63) is 0 Å². The largest absolute Gasteiger partial charge is 0.356 e. The van der Waals surface area contributed by atoms with Crippen molar-refractivity contribution in [1.29, 1.82) is 0 Å². The van der Waals surface area contributed by atoms with Gasteiger partial charge in [0.25, 0.3) is 0 Å². The first-order valence-corrected chi connectivity index (χ1v) is 9.92. The third-order valence-corrected chi connectivity index (χ3v) is 4.33. The summed E-state index contributed by atoms with van der Waals surface area (Å²) in [6, 6.07) is 0. The van der Waals surface area contributed by atoms with E-state index in [1.807, 2.05) is 4.90 Å². The standard InChI is InChI=1S/C17H33IN2O2/c1-15(21)19-13-10-14-20(17(2,3)4)16(22)11-8-6-5-7-9-12-18/h5-14H2,1-4H3,(H,19,21). The van der Waals surface area contributed by atoms with Crippen molar-refractivity contribution in [2.75, 3.05) is 17.5 Å². The molecule has 0 spiro atoms. The predicted octanol–water partition coefficient (Wildman–Crippen LogP) is 3.92. The number of halogens is 1. The van der Waals surface area contributed by atoms with Crippen LogP contribution in [0.25, 0.3) is 0 Å². The highest BCUT2D eigenvalue weighted by molar-refractivity contribution is 14.1. The molecule has 0 aromatic rings. The molecule has 0 atom stereocenters. The van der Waals surface area contributed by atoms with E-state index < -0.39 is 0 Å². The second-order valence-electron chi connectivity index (χ2n) is 6.76. The van der Waals surface area contributed by atoms with Crippen LogP contribution >= 0.6 is 22.6 Å². The Morgan fingerprint density at radius 1 is 1.00 bits per heavy atom. The molecule has 1 N–H and O–H groups in total. The quantitative estimate of drug-likeness (QED) is 0.311. The number of rotatable bonds is 11. The van der Waals surface area contributed by atoms with Gasteiger partial charge in [-0.05, 0) is 44.5 Å². The molecule has 0 radical (unpaired) electrons. The minimum atomic E-state index is -0.158. The summed E-state index contributed by atoms with van der Waals surface area (Å²) < 4.78 is 1.22. The van der Waals surface area contributed by atoms with Crippen molar-refractivity contribution in [3.63, 3.8) is 0 Å². The number of carbonyl (C=O) groups excluding carboxylic acids is 2. The summed E-state index contributed by atoms with van der Waals surface area (Å²) in [7, 11) is 0. The summed E-state index contributed by atoms with van der Waals surface area (Å²) in [5.41, 5.74) is -0.158. The third kappa shape index (κ3) is 11.3. The minimum absolute atomic E-state index is 0.0138. The monoisotopic (exact) mass is 424 g/mol. The molecular formula is C17H33IN2O2. The van der Waals surface area contributed by atoms with Gasteiger partial charge in [0, 0.05) is 32.0 Å². The van der Waals surface area contributed by atoms with E-state index in [9.17, 15) is 9.59 Å². The normalized spacial score (nSPS) is 11.3. The molecule has 0 fully saturated rings. The van der Waals surface area contributed by atoms with Gasteiger partial charge in [-0.3, -0.25) is 9.59 Å². The highest BCUT2D eigenvalue weighted by atomic mass is 127. The molecule has 22 heavy (non-hydrogen) atoms. The number of nitrogens with zero attached hydrogens (tertiary/aromatic N) is 1. The van der Waals surface area contributed by atoms with Crippen LogP contribution in [0.3, 0.4) is 0 Å². The molecule has 2 amide bonds. The summed E-state index contributed by atoms with van der Waals surface area (Å²) >= 11 is 2.41. The van der Waals surface area contributed by atoms with Crippen LogP contribution in [0.15, 0.2) is 0 Å². The summed E-state index contributed by atoms with van der Waals surface area (Å²) in [6.07, 6.45) is 7.36. The maximum Gasteiger partial charge on any atom is 0.222 e. The lowest BCUT2D eigenvalue weighted by Gasteiger charge is -2.36. The molecule has 0 heterocycles. The van der Waals surface area contributed by atoms with Gasteiger partial charge in [-0.2, -0.15) is 0 Å². The fraction of sp³-hybridized carbons (Fsp3) is 0.882. The Balaban J connectivity index is 4.10. The molecule has 0 aromatic heterocycles. The van der Waals surface area contributed by atoms with Crippen molar-refractivity contribution in [1.82, 2.24) is 10.2 Å². The van der Waals surface area contributed by atoms with Crippen molar-refractivity contribution in [2.45, 2.75) is 78.2 Å². The molecule has 0 saturated heterocycles. The smallest absolute Gasteiger partial charge is 0.222 e. The van der Waals surface area contributed by atoms with E-state index >= 15 is 0 Å². The zero-order valence-electron chi connectivity index (χ0n) is 14.7. The zero-order valence-corrected chi connectivity index (χ0v) is 16.9. The van der Waals surface area contributed by atoms with Crippen molar-refractivity contribution in [2.24, 2.45) is 0 Å². The van der Waals surface area contributed by atoms with Gasteiger partial charge < -0.3 is 10.2 Å². The Bertz CT molecular complexity index is 327. The van der Waals surface area contributed by atoms with Crippen LogP contribution in [0.1, 0.15) is 72.6 Å². The topological polar surface area (TPSA) is 49.4 Å². The van der Waals surface area contributed by atoms with Crippen molar-refractivity contribution >= 4 is 34.4 Å². The fourth-order valence-electron chi connectivity index (χ4n) is 2.37. The Hall–Kier alpha value is -0.330. The van der Waals surface area contributed by atoms with Gasteiger partial charge in [0.1, 0.15) is 0 Å². The number of nitrogens with one attached hydrogen (secondary N) is 1. The molecule has 130 valence electrons. The number of unbranched alkanes of at least 4 members (excludes halogenated alkanes) is 4. The molecule has 0 aliphatic carbocycles. The van der Waals surface area contributed by atoms with Gasteiger partial charge in [0.15, 0.2) is 0 Å². The number of hydrogen-bond donors (Lipinski definition) is 1. The molecule has 0 rings (SSSR count). The molecule has 0 unspecified atom stereocenters. The van der Waals surface area contributed by atoms with Gasteiger partial charge in [0.05, 0.1) is 0 Å². The summed E-state index contributed by atoms with van der Waals surface area (Å²) in [5, 5.41) is 2.79. The van der Waals surface area contributed by atoms with Crippen LogP contribution < -0.4 is 5.32 Å².